The Kier molecular flexibility index (Phi) is 6.38. The summed E-state index contributed by atoms with van der Waals surface area (Å²) in [5.41, 5.74) is 1.91. The maximum Gasteiger partial charge on any atom is 0.233 e. The lowest BCUT2D eigenvalue weighted by molar-refractivity contribution is -0.131. The fraction of sp³-hybridized carbons (Fsp3) is 0.348. The number of nitrogens with zero attached hydrogens (tertiary/aromatic N) is 4. The molecule has 4 rings (SSSR count). The molecule has 0 bridgehead atoms. The zero-order valence-corrected chi connectivity index (χ0v) is 18.1. The lowest BCUT2D eigenvalue weighted by Crippen LogP contribution is -2.42. The minimum absolute atomic E-state index is 0.167. The highest BCUT2D eigenvalue weighted by Crippen LogP contribution is 2.29. The molecule has 30 heavy (non-hydrogen) atoms. The van der Waals surface area contributed by atoms with Crippen LogP contribution in [0, 0.1) is 0 Å². The van der Waals surface area contributed by atoms with Crippen LogP contribution in [0.1, 0.15) is 26.2 Å². The number of benzene rings is 2. The summed E-state index contributed by atoms with van der Waals surface area (Å²) in [6.07, 6.45) is 3.37. The fourth-order valence-corrected chi connectivity index (χ4v) is 4.62. The maximum atomic E-state index is 12.8. The van der Waals surface area contributed by atoms with E-state index in [0.717, 1.165) is 42.2 Å². The lowest BCUT2D eigenvalue weighted by Gasteiger charge is -2.33. The third-order valence-electron chi connectivity index (χ3n) is 5.44. The molecule has 7 heteroatoms. The molecule has 6 nitrogen and oxygen atoms in total. The van der Waals surface area contributed by atoms with Crippen molar-refractivity contribution in [2.45, 2.75) is 37.4 Å². The molecular weight excluding hydrogens is 396 g/mol. The van der Waals surface area contributed by atoms with Crippen LogP contribution in [0.5, 0.6) is 5.75 Å². The Balaban J connectivity index is 1.61. The van der Waals surface area contributed by atoms with E-state index in [1.165, 1.54) is 18.2 Å². The molecule has 1 aromatic heterocycles. The Hall–Kier alpha value is -2.80. The molecule has 156 valence electrons. The maximum absolute atomic E-state index is 12.8. The van der Waals surface area contributed by atoms with Crippen LogP contribution < -0.4 is 4.74 Å². The molecule has 1 aliphatic heterocycles. The van der Waals surface area contributed by atoms with E-state index in [1.54, 1.807) is 7.11 Å². The molecule has 0 spiro atoms. The summed E-state index contributed by atoms with van der Waals surface area (Å²) < 4.78 is 7.28. The molecule has 1 atom stereocenters. The van der Waals surface area contributed by atoms with Crippen LogP contribution in [-0.2, 0) is 4.79 Å². The summed E-state index contributed by atoms with van der Waals surface area (Å²) in [6.45, 7) is 2.99. The highest BCUT2D eigenvalue weighted by molar-refractivity contribution is 7.99. The number of thioether (sulfide) groups is 1. The predicted octanol–water partition coefficient (Wildman–Crippen LogP) is 4.44. The van der Waals surface area contributed by atoms with Gasteiger partial charge in [-0.2, -0.15) is 0 Å². The molecule has 1 amide bonds. The number of methoxy groups -OCH3 is 1. The molecule has 2 aromatic carbocycles. The van der Waals surface area contributed by atoms with Gasteiger partial charge in [0.15, 0.2) is 11.0 Å². The van der Waals surface area contributed by atoms with Crippen molar-refractivity contribution in [2.24, 2.45) is 0 Å². The summed E-state index contributed by atoms with van der Waals surface area (Å²) in [5, 5.41) is 9.58. The Morgan fingerprint density at radius 2 is 1.87 bits per heavy atom. The van der Waals surface area contributed by atoms with Crippen molar-refractivity contribution in [1.82, 2.24) is 19.7 Å². The third-order valence-corrected chi connectivity index (χ3v) is 6.36. The summed E-state index contributed by atoms with van der Waals surface area (Å²) in [6, 6.07) is 18.1. The Bertz CT molecular complexity index is 988. The van der Waals surface area contributed by atoms with Gasteiger partial charge in [0.1, 0.15) is 5.75 Å². The molecule has 2 heterocycles. The highest BCUT2D eigenvalue weighted by atomic mass is 32.2. The minimum atomic E-state index is 0.167. The fourth-order valence-electron chi connectivity index (χ4n) is 3.78. The van der Waals surface area contributed by atoms with Crippen LogP contribution in [-0.4, -0.2) is 51.0 Å². The van der Waals surface area contributed by atoms with Crippen molar-refractivity contribution in [3.63, 3.8) is 0 Å². The van der Waals surface area contributed by atoms with Gasteiger partial charge in [-0.05, 0) is 62.6 Å². The number of hydrogen-bond acceptors (Lipinski definition) is 5. The van der Waals surface area contributed by atoms with Crippen LogP contribution >= 0.6 is 11.8 Å². The summed E-state index contributed by atoms with van der Waals surface area (Å²) in [5.74, 6) is 2.06. The van der Waals surface area contributed by atoms with Gasteiger partial charge in [0.2, 0.25) is 5.91 Å². The SMILES string of the molecule is COc1ccc(-c2nnc(SCC(=O)N3CCCC[C@@H]3C)n2-c2ccccc2)cc1. The predicted molar refractivity (Wildman–Crippen MR) is 119 cm³/mol. The van der Waals surface area contributed by atoms with E-state index in [4.69, 9.17) is 4.74 Å². The minimum Gasteiger partial charge on any atom is -0.497 e. The number of carbonyl (C=O) groups is 1. The van der Waals surface area contributed by atoms with Gasteiger partial charge in [-0.15, -0.1) is 10.2 Å². The van der Waals surface area contributed by atoms with Crippen LogP contribution in [0.25, 0.3) is 17.1 Å². The zero-order chi connectivity index (χ0) is 20.9. The molecule has 0 N–H and O–H groups in total. The molecule has 1 aliphatic rings. The van der Waals surface area contributed by atoms with E-state index in [2.05, 4.69) is 17.1 Å². The van der Waals surface area contributed by atoms with E-state index in [-0.39, 0.29) is 5.91 Å². The van der Waals surface area contributed by atoms with Crippen LogP contribution in [0.4, 0.5) is 0 Å². The standard InChI is InChI=1S/C23H26N4O2S/c1-17-8-6-7-15-26(17)21(28)16-30-23-25-24-22(18-11-13-20(29-2)14-12-18)27(23)19-9-4-3-5-10-19/h3-5,9-14,17H,6-8,15-16H2,1-2H3/t17-/m0/s1. The zero-order valence-electron chi connectivity index (χ0n) is 17.3. The molecule has 0 aliphatic carbocycles. The largest absolute Gasteiger partial charge is 0.497 e. The van der Waals surface area contributed by atoms with E-state index in [1.807, 2.05) is 64.1 Å². The summed E-state index contributed by atoms with van der Waals surface area (Å²) in [7, 11) is 1.65. The first kappa shape index (κ1) is 20.5. The van der Waals surface area contributed by atoms with Gasteiger partial charge in [-0.1, -0.05) is 30.0 Å². The van der Waals surface area contributed by atoms with Gasteiger partial charge in [-0.25, -0.2) is 0 Å². The molecule has 0 saturated carbocycles. The molecule has 1 fully saturated rings. The van der Waals surface area contributed by atoms with Crippen molar-refractivity contribution < 1.29 is 9.53 Å². The second-order valence-corrected chi connectivity index (χ2v) is 8.37. The van der Waals surface area contributed by atoms with E-state index in [0.29, 0.717) is 17.0 Å². The molecular formula is C23H26N4O2S. The molecule has 1 saturated heterocycles. The number of hydrogen-bond donors (Lipinski definition) is 0. The van der Waals surface area contributed by atoms with Crippen molar-refractivity contribution in [3.05, 3.63) is 54.6 Å². The summed E-state index contributed by atoms with van der Waals surface area (Å²) >= 11 is 1.44. The average molecular weight is 423 g/mol. The normalized spacial score (nSPS) is 16.5. The first-order valence-corrected chi connectivity index (χ1v) is 11.2. The van der Waals surface area contributed by atoms with Gasteiger partial charge < -0.3 is 9.64 Å². The molecule has 3 aromatic rings. The van der Waals surface area contributed by atoms with Gasteiger partial charge in [0.05, 0.1) is 12.9 Å². The molecule has 0 radical (unpaired) electrons. The summed E-state index contributed by atoms with van der Waals surface area (Å²) in [4.78, 5) is 14.8. The van der Waals surface area contributed by atoms with Crippen molar-refractivity contribution in [2.75, 3.05) is 19.4 Å². The van der Waals surface area contributed by atoms with Gasteiger partial charge in [-0.3, -0.25) is 9.36 Å². The van der Waals surface area contributed by atoms with Gasteiger partial charge in [0, 0.05) is 23.8 Å². The number of rotatable bonds is 6. The van der Waals surface area contributed by atoms with Crippen LogP contribution in [0.2, 0.25) is 0 Å². The van der Waals surface area contributed by atoms with Crippen molar-refractivity contribution in [1.29, 1.82) is 0 Å². The number of piperidine rings is 1. The molecule has 0 unspecified atom stereocenters. The van der Waals surface area contributed by atoms with Crippen LogP contribution in [0.3, 0.4) is 0 Å². The monoisotopic (exact) mass is 422 g/mol. The number of para-hydroxylation sites is 1. The highest BCUT2D eigenvalue weighted by Gasteiger charge is 2.24. The van der Waals surface area contributed by atoms with Gasteiger partial charge in [0.25, 0.3) is 0 Å². The van der Waals surface area contributed by atoms with Crippen molar-refractivity contribution >= 4 is 17.7 Å². The number of amides is 1. The Labute approximate surface area is 181 Å². The average Bonchev–Trinajstić information content (AvgIpc) is 3.22. The number of carbonyl (C=O) groups excluding carboxylic acids is 1. The quantitative estimate of drug-likeness (QED) is 0.550. The van der Waals surface area contributed by atoms with E-state index in [9.17, 15) is 4.79 Å². The third kappa shape index (κ3) is 4.36. The first-order valence-electron chi connectivity index (χ1n) is 10.2. The van der Waals surface area contributed by atoms with E-state index >= 15 is 0 Å². The van der Waals surface area contributed by atoms with Crippen LogP contribution in [0.15, 0.2) is 59.8 Å². The first-order chi connectivity index (χ1) is 14.7. The lowest BCUT2D eigenvalue weighted by atomic mass is 10.0. The smallest absolute Gasteiger partial charge is 0.233 e. The van der Waals surface area contributed by atoms with E-state index < -0.39 is 0 Å². The Morgan fingerprint density at radius 1 is 1.10 bits per heavy atom. The Morgan fingerprint density at radius 3 is 2.57 bits per heavy atom. The van der Waals surface area contributed by atoms with Gasteiger partial charge >= 0.3 is 0 Å². The number of ether oxygens (including phenoxy) is 1. The second-order valence-electron chi connectivity index (χ2n) is 7.43. The number of aromatic nitrogens is 3. The second kappa shape index (κ2) is 9.34. The number of likely N-dealkylation sites (tertiary alicyclic amines) is 1. The van der Waals surface area contributed by atoms with Crippen molar-refractivity contribution in [3.8, 4) is 22.8 Å². The topological polar surface area (TPSA) is 60.3 Å².